The molecular formula is C16H22N2O3. The number of carbonyl (C=O) groups excluding carboxylic acids is 2. The number of nitrogens with two attached hydrogens (primary N) is 1. The minimum absolute atomic E-state index is 0.111. The highest BCUT2D eigenvalue weighted by Gasteiger charge is 2.31. The quantitative estimate of drug-likeness (QED) is 0.816. The zero-order valence-electron chi connectivity index (χ0n) is 12.4. The molecule has 21 heavy (non-hydrogen) atoms. The van der Waals surface area contributed by atoms with Crippen molar-refractivity contribution in [3.8, 4) is 0 Å². The first-order valence-electron chi connectivity index (χ1n) is 7.38. The molecule has 0 aromatic heterocycles. The molecule has 1 amide bonds. The van der Waals surface area contributed by atoms with Gasteiger partial charge in [0.15, 0.2) is 0 Å². The SMILES string of the molecule is CCOC(=O)c1cccc(NC(=O)CC2(N)CCCC2)c1. The molecule has 0 radical (unpaired) electrons. The Kier molecular flexibility index (Phi) is 4.96. The van der Waals surface area contributed by atoms with Gasteiger partial charge in [-0.3, -0.25) is 4.79 Å². The predicted octanol–water partition coefficient (Wildman–Crippen LogP) is 2.46. The van der Waals surface area contributed by atoms with Crippen molar-refractivity contribution in [2.45, 2.75) is 44.6 Å². The summed E-state index contributed by atoms with van der Waals surface area (Å²) >= 11 is 0. The Bertz CT molecular complexity index is 522. The molecule has 0 bridgehead atoms. The van der Waals surface area contributed by atoms with Gasteiger partial charge in [0.1, 0.15) is 0 Å². The molecule has 1 fully saturated rings. The number of amides is 1. The maximum absolute atomic E-state index is 12.1. The molecule has 0 spiro atoms. The van der Waals surface area contributed by atoms with E-state index in [0.29, 0.717) is 24.3 Å². The number of anilines is 1. The number of hydrogen-bond donors (Lipinski definition) is 2. The second-order valence-electron chi connectivity index (χ2n) is 5.60. The fraction of sp³-hybridized carbons (Fsp3) is 0.500. The summed E-state index contributed by atoms with van der Waals surface area (Å²) in [5, 5.41) is 2.80. The predicted molar refractivity (Wildman–Crippen MR) is 81.0 cm³/mol. The number of hydrogen-bond acceptors (Lipinski definition) is 4. The molecule has 1 aromatic carbocycles. The van der Waals surface area contributed by atoms with Crippen molar-refractivity contribution in [3.05, 3.63) is 29.8 Å². The summed E-state index contributed by atoms with van der Waals surface area (Å²) in [5.74, 6) is -0.500. The van der Waals surface area contributed by atoms with Gasteiger partial charge in [0.25, 0.3) is 0 Å². The van der Waals surface area contributed by atoms with Crippen LogP contribution in [-0.4, -0.2) is 24.0 Å². The molecule has 5 heteroatoms. The number of ether oxygens (including phenoxy) is 1. The molecule has 114 valence electrons. The standard InChI is InChI=1S/C16H22N2O3/c1-2-21-15(20)12-6-5-7-13(10-12)18-14(19)11-16(17)8-3-4-9-16/h5-7,10H,2-4,8-9,11,17H2,1H3,(H,18,19). The van der Waals surface area contributed by atoms with Crippen LogP contribution in [0, 0.1) is 0 Å². The molecule has 1 aliphatic rings. The summed E-state index contributed by atoms with van der Waals surface area (Å²) in [6, 6.07) is 6.75. The van der Waals surface area contributed by atoms with E-state index in [4.69, 9.17) is 10.5 Å². The van der Waals surface area contributed by atoms with E-state index < -0.39 is 0 Å². The van der Waals surface area contributed by atoms with Crippen LogP contribution in [0.2, 0.25) is 0 Å². The van der Waals surface area contributed by atoms with Crippen molar-refractivity contribution in [3.63, 3.8) is 0 Å². The third-order valence-corrected chi connectivity index (χ3v) is 3.77. The van der Waals surface area contributed by atoms with Gasteiger partial charge < -0.3 is 15.8 Å². The number of esters is 1. The molecule has 1 aliphatic carbocycles. The molecule has 0 aliphatic heterocycles. The average molecular weight is 290 g/mol. The third-order valence-electron chi connectivity index (χ3n) is 3.77. The lowest BCUT2D eigenvalue weighted by molar-refractivity contribution is -0.117. The molecule has 0 unspecified atom stereocenters. The minimum atomic E-state index is -0.389. The number of nitrogens with one attached hydrogen (secondary N) is 1. The zero-order chi connectivity index (χ0) is 15.3. The maximum Gasteiger partial charge on any atom is 0.338 e. The summed E-state index contributed by atoms with van der Waals surface area (Å²) < 4.78 is 4.94. The number of rotatable bonds is 5. The van der Waals surface area contributed by atoms with Crippen LogP contribution < -0.4 is 11.1 Å². The van der Waals surface area contributed by atoms with Crippen LogP contribution in [-0.2, 0) is 9.53 Å². The molecule has 1 aromatic rings. The van der Waals surface area contributed by atoms with Crippen molar-refractivity contribution in [2.24, 2.45) is 5.73 Å². The molecule has 1 saturated carbocycles. The van der Waals surface area contributed by atoms with E-state index >= 15 is 0 Å². The van der Waals surface area contributed by atoms with E-state index in [0.717, 1.165) is 25.7 Å². The van der Waals surface area contributed by atoms with Crippen molar-refractivity contribution >= 4 is 17.6 Å². The van der Waals surface area contributed by atoms with Gasteiger partial charge in [-0.2, -0.15) is 0 Å². The van der Waals surface area contributed by atoms with Crippen LogP contribution in [0.5, 0.6) is 0 Å². The highest BCUT2D eigenvalue weighted by Crippen LogP contribution is 2.30. The first-order chi connectivity index (χ1) is 10.0. The summed E-state index contributed by atoms with van der Waals surface area (Å²) in [6.45, 7) is 2.08. The van der Waals surface area contributed by atoms with Gasteiger partial charge in [0.2, 0.25) is 5.91 Å². The van der Waals surface area contributed by atoms with Gasteiger partial charge in [-0.15, -0.1) is 0 Å². The monoisotopic (exact) mass is 290 g/mol. The molecule has 0 atom stereocenters. The molecule has 0 saturated heterocycles. The van der Waals surface area contributed by atoms with Crippen LogP contribution in [0.1, 0.15) is 49.4 Å². The van der Waals surface area contributed by atoms with Crippen molar-refractivity contribution in [1.29, 1.82) is 0 Å². The number of carbonyl (C=O) groups is 2. The molecule has 2 rings (SSSR count). The second kappa shape index (κ2) is 6.72. The fourth-order valence-electron chi connectivity index (χ4n) is 2.72. The first kappa shape index (κ1) is 15.5. The van der Waals surface area contributed by atoms with Crippen LogP contribution in [0.15, 0.2) is 24.3 Å². The summed E-state index contributed by atoms with van der Waals surface area (Å²) in [6.07, 6.45) is 4.27. The Balaban J connectivity index is 1.97. The Morgan fingerprint density at radius 1 is 1.33 bits per heavy atom. The van der Waals surface area contributed by atoms with Crippen LogP contribution in [0.3, 0.4) is 0 Å². The summed E-state index contributed by atoms with van der Waals surface area (Å²) in [5.41, 5.74) is 6.84. The van der Waals surface area contributed by atoms with E-state index in [1.54, 1.807) is 31.2 Å². The normalized spacial score (nSPS) is 16.5. The molecule has 5 nitrogen and oxygen atoms in total. The number of benzene rings is 1. The Hall–Kier alpha value is -1.88. The maximum atomic E-state index is 12.1. The van der Waals surface area contributed by atoms with Gasteiger partial charge in [0.05, 0.1) is 12.2 Å². The molecule has 3 N–H and O–H groups in total. The zero-order valence-corrected chi connectivity index (χ0v) is 12.4. The van der Waals surface area contributed by atoms with Gasteiger partial charge in [0, 0.05) is 17.6 Å². The van der Waals surface area contributed by atoms with Crippen molar-refractivity contribution < 1.29 is 14.3 Å². The lowest BCUT2D eigenvalue weighted by Crippen LogP contribution is -2.40. The van der Waals surface area contributed by atoms with E-state index in [9.17, 15) is 9.59 Å². The van der Waals surface area contributed by atoms with Gasteiger partial charge in [-0.1, -0.05) is 18.9 Å². The van der Waals surface area contributed by atoms with Crippen LogP contribution in [0.25, 0.3) is 0 Å². The minimum Gasteiger partial charge on any atom is -0.462 e. The Morgan fingerprint density at radius 2 is 2.05 bits per heavy atom. The lowest BCUT2D eigenvalue weighted by atomic mass is 9.94. The highest BCUT2D eigenvalue weighted by molar-refractivity contribution is 5.94. The van der Waals surface area contributed by atoms with E-state index in [1.165, 1.54) is 0 Å². The van der Waals surface area contributed by atoms with Gasteiger partial charge in [-0.25, -0.2) is 4.79 Å². The first-order valence-corrected chi connectivity index (χ1v) is 7.38. The van der Waals surface area contributed by atoms with E-state index in [2.05, 4.69) is 5.32 Å². The molecule has 0 heterocycles. The largest absolute Gasteiger partial charge is 0.462 e. The van der Waals surface area contributed by atoms with Gasteiger partial charge >= 0.3 is 5.97 Å². The fourth-order valence-corrected chi connectivity index (χ4v) is 2.72. The van der Waals surface area contributed by atoms with Crippen LogP contribution >= 0.6 is 0 Å². The van der Waals surface area contributed by atoms with Crippen molar-refractivity contribution in [1.82, 2.24) is 0 Å². The highest BCUT2D eigenvalue weighted by atomic mass is 16.5. The average Bonchev–Trinajstić information content (AvgIpc) is 2.85. The molecular weight excluding hydrogens is 268 g/mol. The van der Waals surface area contributed by atoms with Crippen LogP contribution in [0.4, 0.5) is 5.69 Å². The Morgan fingerprint density at radius 3 is 2.71 bits per heavy atom. The van der Waals surface area contributed by atoms with Gasteiger partial charge in [-0.05, 0) is 38.0 Å². The summed E-state index contributed by atoms with van der Waals surface area (Å²) in [7, 11) is 0. The van der Waals surface area contributed by atoms with Crippen molar-refractivity contribution in [2.75, 3.05) is 11.9 Å². The second-order valence-corrected chi connectivity index (χ2v) is 5.60. The smallest absolute Gasteiger partial charge is 0.338 e. The lowest BCUT2D eigenvalue weighted by Gasteiger charge is -2.22. The van der Waals surface area contributed by atoms with E-state index in [1.807, 2.05) is 0 Å². The van der Waals surface area contributed by atoms with E-state index in [-0.39, 0.29) is 17.4 Å². The summed E-state index contributed by atoms with van der Waals surface area (Å²) in [4.78, 5) is 23.7. The topological polar surface area (TPSA) is 81.4 Å². The third kappa shape index (κ3) is 4.29. The Labute approximate surface area is 124 Å².